The topological polar surface area (TPSA) is 24.5 Å². The number of nitrogens with zero attached hydrogens (tertiary/aromatic N) is 1. The number of benzene rings is 1. The molecule has 3 nitrogen and oxygen atoms in total. The van der Waals surface area contributed by atoms with Crippen LogP contribution in [0.5, 0.6) is 5.75 Å². The van der Waals surface area contributed by atoms with Gasteiger partial charge in [0.25, 0.3) is 0 Å². The summed E-state index contributed by atoms with van der Waals surface area (Å²) in [6.45, 7) is 0.957. The van der Waals surface area contributed by atoms with E-state index in [-0.39, 0.29) is 0 Å². The lowest BCUT2D eigenvalue weighted by atomic mass is 10.0. The van der Waals surface area contributed by atoms with Gasteiger partial charge in [0, 0.05) is 16.6 Å². The molecule has 0 saturated heterocycles. The molecule has 0 aliphatic rings. The van der Waals surface area contributed by atoms with Gasteiger partial charge in [-0.05, 0) is 52.3 Å². The molecular formula is C13H21ClN2O. The Morgan fingerprint density at radius 3 is 2.65 bits per heavy atom. The van der Waals surface area contributed by atoms with Crippen LogP contribution in [-0.2, 0) is 0 Å². The Kier molecular flexibility index (Phi) is 5.75. The van der Waals surface area contributed by atoms with E-state index in [1.165, 1.54) is 0 Å². The van der Waals surface area contributed by atoms with Gasteiger partial charge in [-0.25, -0.2) is 0 Å². The number of rotatable bonds is 6. The van der Waals surface area contributed by atoms with Crippen LogP contribution in [0.4, 0.5) is 0 Å². The van der Waals surface area contributed by atoms with E-state index >= 15 is 0 Å². The summed E-state index contributed by atoms with van der Waals surface area (Å²) in [6, 6.07) is 6.07. The second-order valence-corrected chi connectivity index (χ2v) is 4.69. The molecule has 0 fully saturated rings. The number of methoxy groups -OCH3 is 1. The average Bonchev–Trinajstić information content (AvgIpc) is 2.29. The second kappa shape index (κ2) is 6.84. The summed E-state index contributed by atoms with van der Waals surface area (Å²) in [5.41, 5.74) is 1.14. The second-order valence-electron chi connectivity index (χ2n) is 4.26. The molecule has 0 radical (unpaired) electrons. The lowest BCUT2D eigenvalue weighted by molar-refractivity contribution is 0.274. The van der Waals surface area contributed by atoms with Crippen molar-refractivity contribution in [1.82, 2.24) is 10.2 Å². The Bertz CT molecular complexity index is 355. The molecule has 0 bridgehead atoms. The van der Waals surface area contributed by atoms with Crippen LogP contribution in [0.3, 0.4) is 0 Å². The van der Waals surface area contributed by atoms with E-state index < -0.39 is 0 Å². The molecule has 1 N–H and O–H groups in total. The fourth-order valence-corrected chi connectivity index (χ4v) is 2.12. The average molecular weight is 257 g/mol. The molecule has 0 aromatic heterocycles. The zero-order valence-corrected chi connectivity index (χ0v) is 11.7. The summed E-state index contributed by atoms with van der Waals surface area (Å²) < 4.78 is 5.41. The van der Waals surface area contributed by atoms with Crippen molar-refractivity contribution >= 4 is 11.6 Å². The molecule has 0 aliphatic heterocycles. The minimum atomic E-state index is 0.302. The maximum Gasteiger partial charge on any atom is 0.123 e. The highest BCUT2D eigenvalue weighted by Crippen LogP contribution is 2.32. The molecular weight excluding hydrogens is 236 g/mol. The first kappa shape index (κ1) is 14.3. The van der Waals surface area contributed by atoms with Crippen molar-refractivity contribution in [2.24, 2.45) is 0 Å². The lowest BCUT2D eigenvalue weighted by Gasteiger charge is -2.26. The van der Waals surface area contributed by atoms with E-state index in [0.29, 0.717) is 6.04 Å². The summed E-state index contributed by atoms with van der Waals surface area (Å²) in [4.78, 5) is 2.19. The van der Waals surface area contributed by atoms with Crippen LogP contribution in [0, 0.1) is 0 Å². The largest absolute Gasteiger partial charge is 0.496 e. The minimum Gasteiger partial charge on any atom is -0.496 e. The number of ether oxygens (including phenoxy) is 1. The van der Waals surface area contributed by atoms with E-state index in [1.807, 2.05) is 25.2 Å². The third-order valence-electron chi connectivity index (χ3n) is 2.84. The van der Waals surface area contributed by atoms with E-state index in [4.69, 9.17) is 16.3 Å². The van der Waals surface area contributed by atoms with Crippen molar-refractivity contribution in [3.63, 3.8) is 0 Å². The van der Waals surface area contributed by atoms with Gasteiger partial charge in [-0.1, -0.05) is 11.6 Å². The quantitative estimate of drug-likeness (QED) is 0.847. The van der Waals surface area contributed by atoms with E-state index in [0.717, 1.165) is 29.3 Å². The van der Waals surface area contributed by atoms with Crippen LogP contribution in [-0.4, -0.2) is 39.7 Å². The first-order valence-electron chi connectivity index (χ1n) is 5.74. The lowest BCUT2D eigenvalue weighted by Crippen LogP contribution is -2.24. The van der Waals surface area contributed by atoms with Gasteiger partial charge >= 0.3 is 0 Å². The summed E-state index contributed by atoms with van der Waals surface area (Å²) in [5.74, 6) is 0.893. The fourth-order valence-electron chi connectivity index (χ4n) is 1.94. The first-order chi connectivity index (χ1) is 8.10. The minimum absolute atomic E-state index is 0.302. The van der Waals surface area contributed by atoms with Crippen LogP contribution < -0.4 is 10.1 Å². The van der Waals surface area contributed by atoms with Crippen molar-refractivity contribution in [2.45, 2.75) is 12.5 Å². The summed E-state index contributed by atoms with van der Waals surface area (Å²) in [5, 5.41) is 3.92. The third kappa shape index (κ3) is 3.87. The SMILES string of the molecule is CNCCC(c1cc(Cl)ccc1OC)N(C)C. The van der Waals surface area contributed by atoms with Crippen LogP contribution in [0.15, 0.2) is 18.2 Å². The predicted molar refractivity (Wildman–Crippen MR) is 73.0 cm³/mol. The van der Waals surface area contributed by atoms with E-state index in [2.05, 4.69) is 24.3 Å². The summed E-state index contributed by atoms with van der Waals surface area (Å²) >= 11 is 6.07. The molecule has 1 atom stereocenters. The summed E-state index contributed by atoms with van der Waals surface area (Å²) in [7, 11) is 7.79. The normalized spacial score (nSPS) is 12.8. The maximum atomic E-state index is 6.07. The number of nitrogens with one attached hydrogen (secondary N) is 1. The maximum absolute atomic E-state index is 6.07. The molecule has 17 heavy (non-hydrogen) atoms. The molecule has 1 rings (SSSR count). The molecule has 0 saturated carbocycles. The van der Waals surface area contributed by atoms with Crippen molar-refractivity contribution in [1.29, 1.82) is 0 Å². The van der Waals surface area contributed by atoms with E-state index in [9.17, 15) is 0 Å². The van der Waals surface area contributed by atoms with Crippen molar-refractivity contribution in [3.8, 4) is 5.75 Å². The van der Waals surface area contributed by atoms with Gasteiger partial charge in [0.1, 0.15) is 5.75 Å². The first-order valence-corrected chi connectivity index (χ1v) is 6.12. The molecule has 0 spiro atoms. The summed E-state index contributed by atoms with van der Waals surface area (Å²) in [6.07, 6.45) is 1.01. The molecule has 1 unspecified atom stereocenters. The Morgan fingerprint density at radius 2 is 2.12 bits per heavy atom. The number of hydrogen-bond donors (Lipinski definition) is 1. The van der Waals surface area contributed by atoms with E-state index in [1.54, 1.807) is 7.11 Å². The van der Waals surface area contributed by atoms with Crippen LogP contribution >= 0.6 is 11.6 Å². The predicted octanol–water partition coefficient (Wildman–Crippen LogP) is 2.56. The highest BCUT2D eigenvalue weighted by atomic mass is 35.5. The van der Waals surface area contributed by atoms with Gasteiger partial charge in [0.05, 0.1) is 7.11 Å². The van der Waals surface area contributed by atoms with Crippen LogP contribution in [0.1, 0.15) is 18.0 Å². The van der Waals surface area contributed by atoms with Crippen molar-refractivity contribution < 1.29 is 4.74 Å². The standard InChI is InChI=1S/C13H21ClN2O/c1-15-8-7-12(16(2)3)11-9-10(14)5-6-13(11)17-4/h5-6,9,12,15H,7-8H2,1-4H3. The highest BCUT2D eigenvalue weighted by molar-refractivity contribution is 6.30. The number of halogens is 1. The molecule has 0 amide bonds. The fraction of sp³-hybridized carbons (Fsp3) is 0.538. The van der Waals surface area contributed by atoms with Gasteiger partial charge in [-0.15, -0.1) is 0 Å². The van der Waals surface area contributed by atoms with Crippen molar-refractivity contribution in [2.75, 3.05) is 34.8 Å². The molecule has 0 heterocycles. The van der Waals surface area contributed by atoms with Gasteiger partial charge in [0.2, 0.25) is 0 Å². The number of hydrogen-bond acceptors (Lipinski definition) is 3. The van der Waals surface area contributed by atoms with Gasteiger partial charge in [-0.2, -0.15) is 0 Å². The molecule has 96 valence electrons. The van der Waals surface area contributed by atoms with Crippen LogP contribution in [0.2, 0.25) is 5.02 Å². The molecule has 1 aromatic carbocycles. The molecule has 4 heteroatoms. The molecule has 1 aromatic rings. The zero-order chi connectivity index (χ0) is 12.8. The highest BCUT2D eigenvalue weighted by Gasteiger charge is 2.18. The monoisotopic (exact) mass is 256 g/mol. The smallest absolute Gasteiger partial charge is 0.123 e. The Balaban J connectivity index is 3.02. The van der Waals surface area contributed by atoms with Gasteiger partial charge in [0.15, 0.2) is 0 Å². The molecule has 0 aliphatic carbocycles. The third-order valence-corrected chi connectivity index (χ3v) is 3.08. The Labute approximate surface area is 109 Å². The zero-order valence-electron chi connectivity index (χ0n) is 11.0. The Morgan fingerprint density at radius 1 is 1.41 bits per heavy atom. The Hall–Kier alpha value is -0.770. The van der Waals surface area contributed by atoms with Gasteiger partial charge < -0.3 is 15.0 Å². The van der Waals surface area contributed by atoms with Crippen molar-refractivity contribution in [3.05, 3.63) is 28.8 Å². The van der Waals surface area contributed by atoms with Gasteiger partial charge in [-0.3, -0.25) is 0 Å². The van der Waals surface area contributed by atoms with Crippen LogP contribution in [0.25, 0.3) is 0 Å².